The van der Waals surface area contributed by atoms with Crippen LogP contribution in [0.3, 0.4) is 0 Å². The molecule has 0 saturated heterocycles. The second-order valence-corrected chi connectivity index (χ2v) is 9.79. The van der Waals surface area contributed by atoms with Crippen molar-refractivity contribution >= 4 is 21.6 Å². The van der Waals surface area contributed by atoms with Crippen LogP contribution in [-0.2, 0) is 30.1 Å². The van der Waals surface area contributed by atoms with Gasteiger partial charge in [0.15, 0.2) is 0 Å². The van der Waals surface area contributed by atoms with Gasteiger partial charge in [-0.2, -0.15) is 4.31 Å². The highest BCUT2D eigenvalue weighted by molar-refractivity contribution is 7.89. The number of anilines is 1. The van der Waals surface area contributed by atoms with Gasteiger partial charge in [0.2, 0.25) is 10.0 Å². The van der Waals surface area contributed by atoms with E-state index in [9.17, 15) is 13.2 Å². The molecular formula is C24H28N4O4S. The van der Waals surface area contributed by atoms with E-state index in [1.807, 2.05) is 31.7 Å². The Kier molecular flexibility index (Phi) is 6.53. The number of sulfonamides is 1. The number of rotatable bonds is 8. The minimum atomic E-state index is -3.53. The summed E-state index contributed by atoms with van der Waals surface area (Å²) in [7, 11) is -1.63. The predicted molar refractivity (Wildman–Crippen MR) is 126 cm³/mol. The summed E-state index contributed by atoms with van der Waals surface area (Å²) in [5.74, 6) is 1.34. The molecule has 0 aliphatic carbocycles. The van der Waals surface area contributed by atoms with Gasteiger partial charge < -0.3 is 14.2 Å². The Labute approximate surface area is 194 Å². The molecule has 0 unspecified atom stereocenters. The highest BCUT2D eigenvalue weighted by Gasteiger charge is 2.29. The lowest BCUT2D eigenvalue weighted by Crippen LogP contribution is -2.30. The van der Waals surface area contributed by atoms with E-state index in [1.165, 1.54) is 4.31 Å². The van der Waals surface area contributed by atoms with Crippen molar-refractivity contribution in [2.24, 2.45) is 7.05 Å². The number of imidazole rings is 1. The molecule has 4 rings (SSSR count). The van der Waals surface area contributed by atoms with Crippen LogP contribution in [0.25, 0.3) is 0 Å². The second kappa shape index (κ2) is 9.36. The molecule has 0 bridgehead atoms. The first kappa shape index (κ1) is 23.0. The Morgan fingerprint density at radius 2 is 1.85 bits per heavy atom. The molecule has 1 aliphatic rings. The molecule has 0 atom stereocenters. The van der Waals surface area contributed by atoms with Gasteiger partial charge in [-0.3, -0.25) is 4.79 Å². The van der Waals surface area contributed by atoms with E-state index in [4.69, 9.17) is 4.74 Å². The summed E-state index contributed by atoms with van der Waals surface area (Å²) in [4.78, 5) is 19.3. The van der Waals surface area contributed by atoms with Gasteiger partial charge >= 0.3 is 0 Å². The van der Waals surface area contributed by atoms with Gasteiger partial charge in [0, 0.05) is 50.3 Å². The Morgan fingerprint density at radius 3 is 2.48 bits per heavy atom. The molecule has 0 fully saturated rings. The van der Waals surface area contributed by atoms with Gasteiger partial charge in [0.25, 0.3) is 5.91 Å². The fourth-order valence-corrected chi connectivity index (χ4v) is 5.50. The van der Waals surface area contributed by atoms with Crippen molar-refractivity contribution in [1.29, 1.82) is 0 Å². The van der Waals surface area contributed by atoms with Crippen molar-refractivity contribution in [1.82, 2.24) is 13.9 Å². The van der Waals surface area contributed by atoms with Crippen LogP contribution in [0.4, 0.5) is 5.69 Å². The third-order valence-electron chi connectivity index (χ3n) is 5.93. The standard InChI is InChI=1S/C24H28N4O4S/c1-4-27(5-2)33(30,31)21-10-11-22-19(16-21)12-14-28(22)24(29)18-6-8-20(9-7-18)32-17-23-25-13-15-26(23)3/h6-11,13,15-16H,4-5,12,14,17H2,1-3H3. The lowest BCUT2D eigenvalue weighted by Gasteiger charge is -2.20. The number of hydrogen-bond acceptors (Lipinski definition) is 5. The third kappa shape index (κ3) is 4.51. The molecule has 0 spiro atoms. The summed E-state index contributed by atoms with van der Waals surface area (Å²) >= 11 is 0. The fourth-order valence-electron chi connectivity index (χ4n) is 4.00. The lowest BCUT2D eigenvalue weighted by molar-refractivity contribution is 0.0989. The molecule has 0 saturated carbocycles. The summed E-state index contributed by atoms with van der Waals surface area (Å²) in [6, 6.07) is 12.1. The molecule has 0 radical (unpaired) electrons. The Morgan fingerprint density at radius 1 is 1.12 bits per heavy atom. The Balaban J connectivity index is 1.48. The fraction of sp³-hybridized carbons (Fsp3) is 0.333. The number of amides is 1. The highest BCUT2D eigenvalue weighted by atomic mass is 32.2. The molecule has 1 amide bonds. The molecule has 0 N–H and O–H groups in total. The zero-order valence-corrected chi connectivity index (χ0v) is 19.9. The lowest BCUT2D eigenvalue weighted by atomic mass is 10.1. The van der Waals surface area contributed by atoms with Gasteiger partial charge in [-0.15, -0.1) is 0 Å². The molecule has 2 aromatic carbocycles. The highest BCUT2D eigenvalue weighted by Crippen LogP contribution is 2.32. The van der Waals surface area contributed by atoms with Crippen molar-refractivity contribution in [3.63, 3.8) is 0 Å². The quantitative estimate of drug-likeness (QED) is 0.507. The number of ether oxygens (including phenoxy) is 1. The molecule has 174 valence electrons. The summed E-state index contributed by atoms with van der Waals surface area (Å²) in [6.45, 7) is 5.34. The normalized spacial score (nSPS) is 13.4. The van der Waals surface area contributed by atoms with Crippen LogP contribution in [0.1, 0.15) is 35.6 Å². The zero-order valence-electron chi connectivity index (χ0n) is 19.1. The molecule has 1 aliphatic heterocycles. The zero-order chi connectivity index (χ0) is 23.6. The number of hydrogen-bond donors (Lipinski definition) is 0. The number of fused-ring (bicyclic) bond motifs is 1. The van der Waals surface area contributed by atoms with Gasteiger partial charge in [-0.05, 0) is 54.4 Å². The van der Waals surface area contributed by atoms with Crippen molar-refractivity contribution in [3.05, 3.63) is 71.8 Å². The van der Waals surface area contributed by atoms with Crippen molar-refractivity contribution < 1.29 is 17.9 Å². The minimum Gasteiger partial charge on any atom is -0.486 e. The predicted octanol–water partition coefficient (Wildman–Crippen LogP) is 3.23. The topological polar surface area (TPSA) is 84.7 Å². The van der Waals surface area contributed by atoms with Crippen molar-refractivity contribution in [2.45, 2.75) is 31.8 Å². The first-order valence-electron chi connectivity index (χ1n) is 11.0. The van der Waals surface area contributed by atoms with E-state index >= 15 is 0 Å². The summed E-state index contributed by atoms with van der Waals surface area (Å²) in [6.07, 6.45) is 4.19. The second-order valence-electron chi connectivity index (χ2n) is 7.85. The number of aryl methyl sites for hydroxylation is 1. The van der Waals surface area contributed by atoms with Gasteiger partial charge in [0.1, 0.15) is 18.2 Å². The SMILES string of the molecule is CCN(CC)S(=O)(=O)c1ccc2c(c1)CCN2C(=O)c1ccc(OCc2nccn2C)cc1. The van der Waals surface area contributed by atoms with Crippen LogP contribution < -0.4 is 9.64 Å². The number of benzene rings is 2. The van der Waals surface area contributed by atoms with Gasteiger partial charge in [-0.25, -0.2) is 13.4 Å². The van der Waals surface area contributed by atoms with E-state index in [2.05, 4.69) is 4.98 Å². The molecule has 33 heavy (non-hydrogen) atoms. The van der Waals surface area contributed by atoms with Crippen LogP contribution in [-0.4, -0.2) is 47.8 Å². The Bertz CT molecular complexity index is 1250. The van der Waals surface area contributed by atoms with E-state index in [0.717, 1.165) is 17.1 Å². The molecule has 1 aromatic heterocycles. The average molecular weight is 469 g/mol. The maximum Gasteiger partial charge on any atom is 0.258 e. The molecule has 8 nitrogen and oxygen atoms in total. The Hall–Kier alpha value is -3.17. The number of carbonyl (C=O) groups is 1. The number of nitrogens with zero attached hydrogens (tertiary/aromatic N) is 4. The smallest absolute Gasteiger partial charge is 0.258 e. The summed E-state index contributed by atoms with van der Waals surface area (Å²) < 4.78 is 34.8. The summed E-state index contributed by atoms with van der Waals surface area (Å²) in [5.41, 5.74) is 2.17. The van der Waals surface area contributed by atoms with Crippen LogP contribution in [0.5, 0.6) is 5.75 Å². The van der Waals surface area contributed by atoms with E-state index in [1.54, 1.807) is 53.6 Å². The molecule has 2 heterocycles. The van der Waals surface area contributed by atoms with Crippen LogP contribution >= 0.6 is 0 Å². The first-order chi connectivity index (χ1) is 15.8. The van der Waals surface area contributed by atoms with Crippen molar-refractivity contribution in [3.8, 4) is 5.75 Å². The van der Waals surface area contributed by atoms with Crippen LogP contribution in [0.2, 0.25) is 0 Å². The van der Waals surface area contributed by atoms with Crippen LogP contribution in [0, 0.1) is 0 Å². The summed E-state index contributed by atoms with van der Waals surface area (Å²) in [5, 5.41) is 0. The van der Waals surface area contributed by atoms with E-state index < -0.39 is 10.0 Å². The largest absolute Gasteiger partial charge is 0.486 e. The number of aromatic nitrogens is 2. The van der Waals surface area contributed by atoms with Crippen molar-refractivity contribution in [2.75, 3.05) is 24.5 Å². The third-order valence-corrected chi connectivity index (χ3v) is 7.97. The number of carbonyl (C=O) groups excluding carboxylic acids is 1. The molecule has 3 aromatic rings. The monoisotopic (exact) mass is 468 g/mol. The minimum absolute atomic E-state index is 0.122. The van der Waals surface area contributed by atoms with Gasteiger partial charge in [-0.1, -0.05) is 13.8 Å². The maximum atomic E-state index is 13.1. The average Bonchev–Trinajstić information content (AvgIpc) is 3.43. The first-order valence-corrected chi connectivity index (χ1v) is 12.4. The van der Waals surface area contributed by atoms with Crippen LogP contribution in [0.15, 0.2) is 59.8 Å². The van der Waals surface area contributed by atoms with E-state index in [0.29, 0.717) is 44.0 Å². The molecular weight excluding hydrogens is 440 g/mol. The maximum absolute atomic E-state index is 13.1. The van der Waals surface area contributed by atoms with Gasteiger partial charge in [0.05, 0.1) is 4.90 Å². The van der Waals surface area contributed by atoms with E-state index in [-0.39, 0.29) is 10.8 Å². The molecule has 9 heteroatoms.